The van der Waals surface area contributed by atoms with Gasteiger partial charge < -0.3 is 5.11 Å². The zero-order valence-electron chi connectivity index (χ0n) is 10.9. The zero-order chi connectivity index (χ0) is 13.4. The van der Waals surface area contributed by atoms with E-state index in [1.807, 2.05) is 0 Å². The first-order valence-corrected chi connectivity index (χ1v) is 8.27. The molecule has 2 atom stereocenters. The van der Waals surface area contributed by atoms with E-state index < -0.39 is 0 Å². The number of aliphatic hydroxyl groups excluding tert-OH is 1. The Bertz CT molecular complexity index is 590. The van der Waals surface area contributed by atoms with Gasteiger partial charge in [-0.3, -0.25) is 0 Å². The van der Waals surface area contributed by atoms with Crippen LogP contribution in [0.4, 0.5) is 0 Å². The summed E-state index contributed by atoms with van der Waals surface area (Å²) in [6.07, 6.45) is 2.81. The minimum absolute atomic E-state index is 0.337. The number of aryl methyl sites for hydroxylation is 2. The van der Waals surface area contributed by atoms with Gasteiger partial charge >= 0.3 is 0 Å². The van der Waals surface area contributed by atoms with E-state index >= 15 is 0 Å². The maximum atomic E-state index is 10.7. The van der Waals surface area contributed by atoms with Crippen molar-refractivity contribution in [3.63, 3.8) is 0 Å². The lowest BCUT2D eigenvalue weighted by Crippen LogP contribution is -2.21. The van der Waals surface area contributed by atoms with Gasteiger partial charge in [0.1, 0.15) is 0 Å². The van der Waals surface area contributed by atoms with Gasteiger partial charge in [0.2, 0.25) is 0 Å². The fourth-order valence-electron chi connectivity index (χ4n) is 3.00. The van der Waals surface area contributed by atoms with Gasteiger partial charge in [-0.05, 0) is 70.8 Å². The third-order valence-corrected chi connectivity index (χ3v) is 5.65. The summed E-state index contributed by atoms with van der Waals surface area (Å²) in [4.78, 5) is 1.22. The highest BCUT2D eigenvalue weighted by molar-refractivity contribution is 9.11. The lowest BCUT2D eigenvalue weighted by atomic mass is 9.79. The van der Waals surface area contributed by atoms with E-state index in [0.29, 0.717) is 5.92 Å². The van der Waals surface area contributed by atoms with Crippen LogP contribution in [0.3, 0.4) is 0 Å². The molecule has 0 saturated heterocycles. The molecule has 1 aliphatic carbocycles. The van der Waals surface area contributed by atoms with E-state index in [1.54, 1.807) is 11.3 Å². The maximum Gasteiger partial charge on any atom is 0.0832 e. The molecule has 1 nitrogen and oxygen atoms in total. The van der Waals surface area contributed by atoms with Crippen molar-refractivity contribution in [1.29, 1.82) is 0 Å². The molecular formula is C16H17BrOS. The van der Waals surface area contributed by atoms with Gasteiger partial charge in [0.25, 0.3) is 0 Å². The standard InChI is InChI=1S/C16H17BrOS/c1-10-14(9-15(17)19-10)16(18)13-7-6-11-4-2-3-5-12(11)8-13/h2-5,9,13,16,18H,6-8H2,1H3. The monoisotopic (exact) mass is 336 g/mol. The molecule has 0 saturated carbocycles. The molecule has 19 heavy (non-hydrogen) atoms. The van der Waals surface area contributed by atoms with E-state index in [4.69, 9.17) is 0 Å². The third-order valence-electron chi connectivity index (χ3n) is 4.08. The highest BCUT2D eigenvalue weighted by atomic mass is 79.9. The van der Waals surface area contributed by atoms with Crippen molar-refractivity contribution >= 4 is 27.3 Å². The summed E-state index contributed by atoms with van der Waals surface area (Å²) in [6, 6.07) is 10.7. The Hall–Kier alpha value is -0.640. The second-order valence-electron chi connectivity index (χ2n) is 5.28. The first-order chi connectivity index (χ1) is 9.15. The molecule has 0 bridgehead atoms. The van der Waals surface area contributed by atoms with Gasteiger partial charge in [0, 0.05) is 4.88 Å². The summed E-state index contributed by atoms with van der Waals surface area (Å²) < 4.78 is 1.11. The maximum absolute atomic E-state index is 10.7. The Morgan fingerprint density at radius 1 is 1.32 bits per heavy atom. The summed E-state index contributed by atoms with van der Waals surface area (Å²) in [7, 11) is 0. The van der Waals surface area contributed by atoms with Crippen LogP contribution in [0.1, 0.15) is 34.1 Å². The van der Waals surface area contributed by atoms with E-state index in [-0.39, 0.29) is 6.10 Å². The molecule has 1 aromatic heterocycles. The second kappa shape index (κ2) is 5.39. The predicted octanol–water partition coefficient (Wildman–Crippen LogP) is 4.66. The van der Waals surface area contributed by atoms with Gasteiger partial charge in [0.15, 0.2) is 0 Å². The summed E-state index contributed by atoms with van der Waals surface area (Å²) in [5.41, 5.74) is 3.96. The van der Waals surface area contributed by atoms with Crippen molar-refractivity contribution in [3.8, 4) is 0 Å². The normalized spacial score (nSPS) is 20.1. The summed E-state index contributed by atoms with van der Waals surface area (Å²) in [5, 5.41) is 10.7. The smallest absolute Gasteiger partial charge is 0.0832 e. The van der Waals surface area contributed by atoms with Crippen molar-refractivity contribution in [2.24, 2.45) is 5.92 Å². The van der Waals surface area contributed by atoms with Crippen LogP contribution in [-0.2, 0) is 12.8 Å². The Morgan fingerprint density at radius 3 is 2.74 bits per heavy atom. The van der Waals surface area contributed by atoms with Gasteiger partial charge in [-0.25, -0.2) is 0 Å². The van der Waals surface area contributed by atoms with Crippen LogP contribution < -0.4 is 0 Å². The fraction of sp³-hybridized carbons (Fsp3) is 0.375. The first-order valence-electron chi connectivity index (χ1n) is 6.66. The van der Waals surface area contributed by atoms with Crippen LogP contribution in [0, 0.1) is 12.8 Å². The average Bonchev–Trinajstić information content (AvgIpc) is 2.76. The molecule has 2 unspecified atom stereocenters. The number of fused-ring (bicyclic) bond motifs is 1. The molecule has 1 aliphatic rings. The molecule has 0 fully saturated rings. The van der Waals surface area contributed by atoms with Crippen LogP contribution in [0.25, 0.3) is 0 Å². The molecule has 3 rings (SSSR count). The minimum Gasteiger partial charge on any atom is -0.388 e. The van der Waals surface area contributed by atoms with E-state index in [2.05, 4.69) is 53.2 Å². The summed E-state index contributed by atoms with van der Waals surface area (Å²) in [6.45, 7) is 2.09. The lowest BCUT2D eigenvalue weighted by Gasteiger charge is -2.28. The summed E-state index contributed by atoms with van der Waals surface area (Å²) in [5.74, 6) is 0.343. The van der Waals surface area contributed by atoms with Crippen LogP contribution in [0.15, 0.2) is 34.1 Å². The number of hydrogen-bond donors (Lipinski definition) is 1. The van der Waals surface area contributed by atoms with Crippen LogP contribution >= 0.6 is 27.3 Å². The lowest BCUT2D eigenvalue weighted by molar-refractivity contribution is 0.0993. The highest BCUT2D eigenvalue weighted by Gasteiger charge is 2.27. The van der Waals surface area contributed by atoms with Gasteiger partial charge in [0.05, 0.1) is 9.89 Å². The molecule has 1 heterocycles. The van der Waals surface area contributed by atoms with Crippen molar-refractivity contribution < 1.29 is 5.11 Å². The predicted molar refractivity (Wildman–Crippen MR) is 83.7 cm³/mol. The molecule has 0 spiro atoms. The molecular weight excluding hydrogens is 320 g/mol. The van der Waals surface area contributed by atoms with Crippen molar-refractivity contribution in [1.82, 2.24) is 0 Å². The van der Waals surface area contributed by atoms with Crippen molar-refractivity contribution in [2.75, 3.05) is 0 Å². The highest BCUT2D eigenvalue weighted by Crippen LogP contribution is 2.38. The average molecular weight is 337 g/mol. The Labute approximate surface area is 126 Å². The number of rotatable bonds is 2. The molecule has 0 amide bonds. The number of benzene rings is 1. The SMILES string of the molecule is Cc1sc(Br)cc1C(O)C1CCc2ccccc2C1. The Morgan fingerprint density at radius 2 is 2.05 bits per heavy atom. The van der Waals surface area contributed by atoms with Crippen molar-refractivity contribution in [2.45, 2.75) is 32.3 Å². The molecule has 2 aromatic rings. The molecule has 0 radical (unpaired) electrons. The topological polar surface area (TPSA) is 20.2 Å². The van der Waals surface area contributed by atoms with Crippen LogP contribution in [0.5, 0.6) is 0 Å². The van der Waals surface area contributed by atoms with Gasteiger partial charge in [-0.1, -0.05) is 24.3 Å². The van der Waals surface area contributed by atoms with E-state index in [1.165, 1.54) is 16.0 Å². The zero-order valence-corrected chi connectivity index (χ0v) is 13.3. The fourth-order valence-corrected chi connectivity index (χ4v) is 4.75. The molecule has 100 valence electrons. The summed E-state index contributed by atoms with van der Waals surface area (Å²) >= 11 is 5.21. The van der Waals surface area contributed by atoms with Crippen LogP contribution in [0.2, 0.25) is 0 Å². The number of hydrogen-bond acceptors (Lipinski definition) is 2. The molecule has 1 aromatic carbocycles. The number of thiophene rings is 1. The van der Waals surface area contributed by atoms with Crippen LogP contribution in [-0.4, -0.2) is 5.11 Å². The van der Waals surface area contributed by atoms with Gasteiger partial charge in [-0.2, -0.15) is 0 Å². The van der Waals surface area contributed by atoms with E-state index in [0.717, 1.165) is 28.6 Å². The minimum atomic E-state index is -0.337. The number of halogens is 1. The number of aliphatic hydroxyl groups is 1. The molecule has 1 N–H and O–H groups in total. The quantitative estimate of drug-likeness (QED) is 0.845. The second-order valence-corrected chi connectivity index (χ2v) is 7.91. The van der Waals surface area contributed by atoms with E-state index in [9.17, 15) is 5.11 Å². The Balaban J connectivity index is 1.83. The first kappa shape index (κ1) is 13.3. The molecule has 3 heteroatoms. The Kier molecular flexibility index (Phi) is 3.79. The van der Waals surface area contributed by atoms with Crippen molar-refractivity contribution in [3.05, 3.63) is 55.7 Å². The van der Waals surface area contributed by atoms with Gasteiger partial charge in [-0.15, -0.1) is 11.3 Å². The molecule has 0 aliphatic heterocycles. The largest absolute Gasteiger partial charge is 0.388 e. The third kappa shape index (κ3) is 2.64.